The van der Waals surface area contributed by atoms with E-state index in [0.29, 0.717) is 18.7 Å². The molecular formula is C19H20BN3O8. The van der Waals surface area contributed by atoms with Crippen molar-refractivity contribution in [2.24, 2.45) is 0 Å². The number of carboxylic acids is 1. The zero-order valence-corrected chi connectivity index (χ0v) is 16.3. The highest BCUT2D eigenvalue weighted by Gasteiger charge is 2.33. The normalized spacial score (nSPS) is 13.4. The number of benzene rings is 2. The van der Waals surface area contributed by atoms with Crippen LogP contribution in [0.3, 0.4) is 0 Å². The Hall–Kier alpha value is -3.64. The van der Waals surface area contributed by atoms with Crippen molar-refractivity contribution in [1.29, 1.82) is 5.41 Å². The summed E-state index contributed by atoms with van der Waals surface area (Å²) >= 11 is 0. The quantitative estimate of drug-likeness (QED) is 0.135. The number of nitrogens with zero attached hydrogens (tertiary/aromatic N) is 2. The van der Waals surface area contributed by atoms with Crippen LogP contribution < -0.4 is 4.74 Å². The number of likely N-dealkylation sites (tertiary alicyclic amines) is 1. The number of aryl methyl sites for hydroxylation is 1. The van der Waals surface area contributed by atoms with Crippen molar-refractivity contribution in [1.82, 2.24) is 4.90 Å². The second-order valence-corrected chi connectivity index (χ2v) is 7.07. The highest BCUT2D eigenvalue weighted by molar-refractivity contribution is 6.41. The van der Waals surface area contributed by atoms with E-state index in [9.17, 15) is 25.1 Å². The highest BCUT2D eigenvalue weighted by Crippen LogP contribution is 2.34. The molecule has 2 aromatic carbocycles. The van der Waals surface area contributed by atoms with E-state index in [-0.39, 0.29) is 35.6 Å². The molecule has 1 fully saturated rings. The van der Waals surface area contributed by atoms with Crippen LogP contribution in [0.25, 0.3) is 0 Å². The van der Waals surface area contributed by atoms with Gasteiger partial charge in [0.1, 0.15) is 29.0 Å². The predicted octanol–water partition coefficient (Wildman–Crippen LogP) is 1.10. The van der Waals surface area contributed by atoms with Gasteiger partial charge in [0.15, 0.2) is 0 Å². The summed E-state index contributed by atoms with van der Waals surface area (Å²) in [5, 5.41) is 56.6. The smallest absolute Gasteiger partial charge is 0.451 e. The van der Waals surface area contributed by atoms with Crippen molar-refractivity contribution in [3.05, 3.63) is 63.2 Å². The van der Waals surface area contributed by atoms with Crippen LogP contribution in [0.15, 0.2) is 36.4 Å². The summed E-state index contributed by atoms with van der Waals surface area (Å²) < 4.78 is 5.70. The number of hydrogen-bond donors (Lipinski definition) is 5. The van der Waals surface area contributed by atoms with Gasteiger partial charge in [-0.1, -0.05) is 6.07 Å². The Morgan fingerprint density at radius 2 is 1.87 bits per heavy atom. The van der Waals surface area contributed by atoms with E-state index in [2.05, 4.69) is 0 Å². The molecule has 31 heavy (non-hydrogen) atoms. The molecule has 11 nitrogen and oxygen atoms in total. The Morgan fingerprint density at radius 3 is 2.42 bits per heavy atom. The second-order valence-electron chi connectivity index (χ2n) is 7.07. The number of non-ortho nitro benzene ring substituents is 1. The molecule has 1 heterocycles. The molecule has 0 atom stereocenters. The van der Waals surface area contributed by atoms with Crippen LogP contribution in [0.2, 0.25) is 6.32 Å². The predicted molar refractivity (Wildman–Crippen MR) is 110 cm³/mol. The SMILES string of the molecule is N=C(c1ccc([N+](=O)[O-])cc1)N1CC(Oc2ccc(CCB(O)O)c(O)c2C(=O)O)C1. The molecule has 0 aromatic heterocycles. The van der Waals surface area contributed by atoms with Gasteiger partial charge < -0.3 is 29.9 Å². The van der Waals surface area contributed by atoms with Gasteiger partial charge in [-0.2, -0.15) is 0 Å². The van der Waals surface area contributed by atoms with Crippen LogP contribution in [0.4, 0.5) is 5.69 Å². The fourth-order valence-corrected chi connectivity index (χ4v) is 3.21. The molecule has 2 aromatic rings. The average Bonchev–Trinajstić information content (AvgIpc) is 2.68. The zero-order valence-electron chi connectivity index (χ0n) is 16.3. The number of aromatic carboxylic acids is 1. The molecule has 162 valence electrons. The van der Waals surface area contributed by atoms with Gasteiger partial charge in [-0.15, -0.1) is 0 Å². The van der Waals surface area contributed by atoms with Gasteiger partial charge in [-0.05, 0) is 36.5 Å². The van der Waals surface area contributed by atoms with Crippen LogP contribution >= 0.6 is 0 Å². The highest BCUT2D eigenvalue weighted by atomic mass is 16.6. The lowest BCUT2D eigenvalue weighted by Crippen LogP contribution is -2.56. The summed E-state index contributed by atoms with van der Waals surface area (Å²) in [5.74, 6) is -1.73. The molecule has 3 rings (SSSR count). The van der Waals surface area contributed by atoms with Gasteiger partial charge in [0.05, 0.1) is 18.0 Å². The first kappa shape index (κ1) is 22.1. The van der Waals surface area contributed by atoms with Crippen molar-refractivity contribution in [3.8, 4) is 11.5 Å². The summed E-state index contributed by atoms with van der Waals surface area (Å²) in [4.78, 5) is 23.5. The Balaban J connectivity index is 1.65. The molecule has 1 aliphatic rings. The summed E-state index contributed by atoms with van der Waals surface area (Å²) in [6.45, 7) is 0.599. The number of nitrogens with one attached hydrogen (secondary N) is 1. The van der Waals surface area contributed by atoms with Gasteiger partial charge in [-0.3, -0.25) is 15.5 Å². The summed E-state index contributed by atoms with van der Waals surface area (Å²) in [7, 11) is -1.57. The Labute approximate surface area is 176 Å². The molecule has 0 unspecified atom stereocenters. The van der Waals surface area contributed by atoms with Crippen LogP contribution in [-0.4, -0.2) is 68.2 Å². The summed E-state index contributed by atoms with van der Waals surface area (Å²) in [5.41, 5.74) is 0.282. The lowest BCUT2D eigenvalue weighted by Gasteiger charge is -2.40. The molecular weight excluding hydrogens is 409 g/mol. The molecule has 0 spiro atoms. The Kier molecular flexibility index (Phi) is 6.42. The van der Waals surface area contributed by atoms with Crippen LogP contribution in [-0.2, 0) is 6.42 Å². The van der Waals surface area contributed by atoms with Crippen LogP contribution in [0.1, 0.15) is 21.5 Å². The third-order valence-corrected chi connectivity index (χ3v) is 4.92. The average molecular weight is 429 g/mol. The molecule has 0 amide bonds. The van der Waals surface area contributed by atoms with Gasteiger partial charge >= 0.3 is 13.1 Å². The van der Waals surface area contributed by atoms with Gasteiger partial charge in [0.25, 0.3) is 5.69 Å². The first-order valence-corrected chi connectivity index (χ1v) is 9.36. The Morgan fingerprint density at radius 1 is 1.23 bits per heavy atom. The summed E-state index contributed by atoms with van der Waals surface area (Å²) in [6, 6.07) is 8.48. The lowest BCUT2D eigenvalue weighted by atomic mass is 9.82. The number of rotatable bonds is 8. The van der Waals surface area contributed by atoms with Crippen LogP contribution in [0.5, 0.6) is 11.5 Å². The third kappa shape index (κ3) is 4.93. The molecule has 1 saturated heterocycles. The lowest BCUT2D eigenvalue weighted by molar-refractivity contribution is -0.384. The minimum absolute atomic E-state index is 0.0233. The van der Waals surface area contributed by atoms with Gasteiger partial charge in [-0.25, -0.2) is 4.79 Å². The van der Waals surface area contributed by atoms with Crippen LogP contribution in [0, 0.1) is 15.5 Å². The van der Waals surface area contributed by atoms with Gasteiger partial charge in [0.2, 0.25) is 0 Å². The second kappa shape index (κ2) is 9.02. The fraction of sp³-hybridized carbons (Fsp3) is 0.263. The number of ether oxygens (including phenoxy) is 1. The van der Waals surface area contributed by atoms with E-state index in [1.165, 1.54) is 36.4 Å². The number of phenols is 1. The van der Waals surface area contributed by atoms with Crippen molar-refractivity contribution >= 4 is 24.6 Å². The molecule has 12 heteroatoms. The largest absolute Gasteiger partial charge is 0.507 e. The number of nitro benzene ring substituents is 1. The number of hydrogen-bond acceptors (Lipinski definition) is 8. The molecule has 0 aliphatic carbocycles. The minimum atomic E-state index is -1.57. The van der Waals surface area contributed by atoms with E-state index in [0.717, 1.165) is 0 Å². The Bertz CT molecular complexity index is 1010. The van der Waals surface area contributed by atoms with E-state index >= 15 is 0 Å². The van der Waals surface area contributed by atoms with Crippen molar-refractivity contribution in [3.63, 3.8) is 0 Å². The molecule has 5 N–H and O–H groups in total. The number of carboxylic acid groups (broad SMARTS) is 1. The minimum Gasteiger partial charge on any atom is -0.507 e. The molecule has 0 saturated carbocycles. The summed E-state index contributed by atoms with van der Waals surface area (Å²) in [6.07, 6.45) is -0.399. The van der Waals surface area contributed by atoms with E-state index in [4.69, 9.17) is 20.2 Å². The van der Waals surface area contributed by atoms with Crippen molar-refractivity contribution in [2.45, 2.75) is 18.8 Å². The molecule has 0 bridgehead atoms. The van der Waals surface area contributed by atoms with E-state index in [1.807, 2.05) is 0 Å². The molecule has 1 aliphatic heterocycles. The monoisotopic (exact) mass is 429 g/mol. The number of amidine groups is 1. The van der Waals surface area contributed by atoms with Gasteiger partial charge in [0, 0.05) is 17.7 Å². The third-order valence-electron chi connectivity index (χ3n) is 4.92. The number of carbonyl (C=O) groups is 1. The first-order valence-electron chi connectivity index (χ1n) is 9.36. The first-order chi connectivity index (χ1) is 14.7. The number of aromatic hydroxyl groups is 1. The number of nitro groups is 1. The van der Waals surface area contributed by atoms with E-state index < -0.39 is 35.4 Å². The maximum atomic E-state index is 11.6. The maximum absolute atomic E-state index is 11.6. The topological polar surface area (TPSA) is 177 Å². The fourth-order valence-electron chi connectivity index (χ4n) is 3.21. The zero-order chi connectivity index (χ0) is 22.7. The maximum Gasteiger partial charge on any atom is 0.451 e. The van der Waals surface area contributed by atoms with E-state index in [1.54, 1.807) is 4.90 Å². The van der Waals surface area contributed by atoms with Crippen molar-refractivity contribution in [2.75, 3.05) is 13.1 Å². The molecule has 0 radical (unpaired) electrons. The van der Waals surface area contributed by atoms with Crippen molar-refractivity contribution < 1.29 is 34.7 Å². The standard InChI is InChI=1S/C19H20BN3O8/c21-18(12-1-4-13(5-2-12)23(29)30)22-9-14(10-22)31-15-6-3-11(7-8-20(27)28)17(24)16(15)19(25)26/h1-6,14,21,24,27-28H,7-10H2,(H,25,26).